The van der Waals surface area contributed by atoms with Crippen LogP contribution in [0.3, 0.4) is 0 Å². The lowest BCUT2D eigenvalue weighted by Crippen LogP contribution is -2.32. The Labute approximate surface area is 124 Å². The van der Waals surface area contributed by atoms with Crippen LogP contribution in [-0.4, -0.2) is 35.8 Å². The van der Waals surface area contributed by atoms with Gasteiger partial charge >= 0.3 is 0 Å². The van der Waals surface area contributed by atoms with Crippen LogP contribution < -0.4 is 11.5 Å². The average Bonchev–Trinajstić information content (AvgIpc) is 2.33. The van der Waals surface area contributed by atoms with Crippen LogP contribution in [0.25, 0.3) is 0 Å². The SMILES string of the molecule is CN(C)C(N)=NC(N)=Nc1c(Cl)cc([N+](=O)[O-])cc1Cl. The van der Waals surface area contributed by atoms with Crippen molar-refractivity contribution in [1.82, 2.24) is 4.90 Å². The van der Waals surface area contributed by atoms with Crippen LogP contribution >= 0.6 is 23.2 Å². The number of nitro benzene ring substituents is 1. The molecule has 20 heavy (non-hydrogen) atoms. The maximum atomic E-state index is 10.6. The molecule has 1 rings (SSSR count). The molecule has 0 unspecified atom stereocenters. The first kappa shape index (κ1) is 16.0. The van der Waals surface area contributed by atoms with E-state index in [9.17, 15) is 10.1 Å². The van der Waals surface area contributed by atoms with Gasteiger partial charge in [-0.2, -0.15) is 4.99 Å². The predicted octanol–water partition coefficient (Wildman–Crippen LogP) is 1.72. The lowest BCUT2D eigenvalue weighted by molar-refractivity contribution is -0.384. The fourth-order valence-corrected chi connectivity index (χ4v) is 1.68. The number of halogens is 2. The standard InChI is InChI=1S/C10H12Cl2N6O2/c1-17(2)10(14)16-9(13)15-8-6(11)3-5(18(19)20)4-7(8)12/h3-4H,1-2H3,(H4,13,14,15,16). The zero-order chi connectivity index (χ0) is 15.4. The summed E-state index contributed by atoms with van der Waals surface area (Å²) in [5.41, 5.74) is 11.0. The highest BCUT2D eigenvalue weighted by atomic mass is 35.5. The molecule has 1 aromatic rings. The van der Waals surface area contributed by atoms with Gasteiger partial charge in [-0.05, 0) is 0 Å². The quantitative estimate of drug-likeness (QED) is 0.372. The van der Waals surface area contributed by atoms with E-state index >= 15 is 0 Å². The van der Waals surface area contributed by atoms with Crippen molar-refractivity contribution in [2.24, 2.45) is 21.5 Å². The first-order chi connectivity index (χ1) is 9.22. The van der Waals surface area contributed by atoms with Crippen molar-refractivity contribution in [1.29, 1.82) is 0 Å². The van der Waals surface area contributed by atoms with Gasteiger partial charge < -0.3 is 16.4 Å². The van der Waals surface area contributed by atoms with Crippen LogP contribution in [0, 0.1) is 10.1 Å². The van der Waals surface area contributed by atoms with Gasteiger partial charge in [0.2, 0.25) is 5.96 Å². The van der Waals surface area contributed by atoms with Gasteiger partial charge in [-0.15, -0.1) is 0 Å². The molecule has 0 radical (unpaired) electrons. The van der Waals surface area contributed by atoms with Gasteiger partial charge in [0.05, 0.1) is 15.0 Å². The van der Waals surface area contributed by atoms with Crippen LogP contribution in [0.5, 0.6) is 0 Å². The van der Waals surface area contributed by atoms with Crippen LogP contribution in [0.1, 0.15) is 0 Å². The molecule has 0 atom stereocenters. The van der Waals surface area contributed by atoms with Crippen molar-refractivity contribution in [3.05, 3.63) is 32.3 Å². The highest BCUT2D eigenvalue weighted by molar-refractivity contribution is 6.39. The van der Waals surface area contributed by atoms with Gasteiger partial charge in [-0.1, -0.05) is 23.2 Å². The lowest BCUT2D eigenvalue weighted by atomic mass is 10.3. The Balaban J connectivity index is 3.22. The number of hydrogen-bond donors (Lipinski definition) is 2. The summed E-state index contributed by atoms with van der Waals surface area (Å²) in [6, 6.07) is 2.25. The lowest BCUT2D eigenvalue weighted by Gasteiger charge is -2.09. The Morgan fingerprint density at radius 1 is 1.30 bits per heavy atom. The van der Waals surface area contributed by atoms with Crippen molar-refractivity contribution in [2.45, 2.75) is 0 Å². The number of guanidine groups is 2. The van der Waals surface area contributed by atoms with Crippen molar-refractivity contribution < 1.29 is 4.92 Å². The number of rotatable bonds is 2. The fraction of sp³-hybridized carbons (Fsp3) is 0.200. The highest BCUT2D eigenvalue weighted by Crippen LogP contribution is 2.36. The molecule has 0 bridgehead atoms. The fourth-order valence-electron chi connectivity index (χ4n) is 1.12. The maximum Gasteiger partial charge on any atom is 0.272 e. The smallest absolute Gasteiger partial charge is 0.272 e. The van der Waals surface area contributed by atoms with Crippen LogP contribution in [-0.2, 0) is 0 Å². The maximum absolute atomic E-state index is 10.6. The number of nitro groups is 1. The average molecular weight is 319 g/mol. The van der Waals surface area contributed by atoms with Gasteiger partial charge in [0, 0.05) is 26.2 Å². The molecule has 1 aromatic carbocycles. The Bertz CT molecular complexity index is 576. The summed E-state index contributed by atoms with van der Waals surface area (Å²) < 4.78 is 0. The summed E-state index contributed by atoms with van der Waals surface area (Å²) in [6.45, 7) is 0. The first-order valence-corrected chi connectivity index (χ1v) is 5.97. The van der Waals surface area contributed by atoms with E-state index in [2.05, 4.69) is 9.98 Å². The van der Waals surface area contributed by atoms with Gasteiger partial charge in [0.25, 0.3) is 5.69 Å². The summed E-state index contributed by atoms with van der Waals surface area (Å²) in [7, 11) is 3.36. The zero-order valence-corrected chi connectivity index (χ0v) is 12.2. The molecule has 0 aliphatic carbocycles. The monoisotopic (exact) mass is 318 g/mol. The molecular formula is C10H12Cl2N6O2. The minimum atomic E-state index is -0.614. The number of benzene rings is 1. The summed E-state index contributed by atoms with van der Waals surface area (Å²) in [4.78, 5) is 19.3. The van der Waals surface area contributed by atoms with E-state index < -0.39 is 4.92 Å². The third-order valence-electron chi connectivity index (χ3n) is 2.13. The second kappa shape index (κ2) is 6.40. The minimum Gasteiger partial charge on any atom is -0.369 e. The van der Waals surface area contributed by atoms with Crippen molar-refractivity contribution in [3.63, 3.8) is 0 Å². The van der Waals surface area contributed by atoms with Gasteiger partial charge in [-0.25, -0.2) is 4.99 Å². The van der Waals surface area contributed by atoms with E-state index in [-0.39, 0.29) is 33.3 Å². The molecule has 0 spiro atoms. The molecule has 0 aromatic heterocycles. The normalized spacial score (nSPS) is 12.4. The van der Waals surface area contributed by atoms with E-state index in [0.29, 0.717) is 0 Å². The summed E-state index contributed by atoms with van der Waals surface area (Å²) >= 11 is 11.8. The molecule has 0 amide bonds. The molecule has 108 valence electrons. The first-order valence-electron chi connectivity index (χ1n) is 5.21. The minimum absolute atomic E-state index is 0.00854. The molecule has 0 aliphatic heterocycles. The third kappa shape index (κ3) is 3.97. The largest absolute Gasteiger partial charge is 0.369 e. The van der Waals surface area contributed by atoms with Crippen LogP contribution in [0.15, 0.2) is 22.1 Å². The van der Waals surface area contributed by atoms with E-state index in [1.54, 1.807) is 14.1 Å². The molecule has 8 nitrogen and oxygen atoms in total. The number of aliphatic imine (C=N–C) groups is 2. The number of nitrogens with zero attached hydrogens (tertiary/aromatic N) is 4. The molecule has 4 N–H and O–H groups in total. The Hall–Kier alpha value is -2.06. The predicted molar refractivity (Wildman–Crippen MR) is 79.7 cm³/mol. The second-order valence-electron chi connectivity index (χ2n) is 3.85. The third-order valence-corrected chi connectivity index (χ3v) is 2.70. The van der Waals surface area contributed by atoms with Crippen molar-refractivity contribution in [3.8, 4) is 0 Å². The molecule has 0 heterocycles. The van der Waals surface area contributed by atoms with Crippen LogP contribution in [0.2, 0.25) is 10.0 Å². The molecule has 0 fully saturated rings. The number of nitrogens with two attached hydrogens (primary N) is 2. The van der Waals surface area contributed by atoms with E-state index in [1.165, 1.54) is 4.90 Å². The molecule has 0 aliphatic rings. The van der Waals surface area contributed by atoms with Gasteiger partial charge in [0.1, 0.15) is 5.69 Å². The van der Waals surface area contributed by atoms with E-state index in [4.69, 9.17) is 34.7 Å². The van der Waals surface area contributed by atoms with E-state index in [0.717, 1.165) is 12.1 Å². The molecule has 10 heteroatoms. The molecule has 0 saturated carbocycles. The highest BCUT2D eigenvalue weighted by Gasteiger charge is 2.14. The topological polar surface area (TPSA) is 123 Å². The van der Waals surface area contributed by atoms with E-state index in [1.807, 2.05) is 0 Å². The number of hydrogen-bond acceptors (Lipinski definition) is 3. The Kier molecular flexibility index (Phi) is 5.12. The number of non-ortho nitro benzene ring substituents is 1. The van der Waals surface area contributed by atoms with Crippen LogP contribution in [0.4, 0.5) is 11.4 Å². The molecule has 0 saturated heterocycles. The Morgan fingerprint density at radius 2 is 1.80 bits per heavy atom. The summed E-state index contributed by atoms with van der Waals surface area (Å²) in [5, 5.41) is 10.6. The van der Waals surface area contributed by atoms with Gasteiger partial charge in [0.15, 0.2) is 5.96 Å². The van der Waals surface area contributed by atoms with Crippen molar-refractivity contribution >= 4 is 46.5 Å². The van der Waals surface area contributed by atoms with Crippen molar-refractivity contribution in [2.75, 3.05) is 14.1 Å². The Morgan fingerprint density at radius 3 is 2.20 bits per heavy atom. The molecular weight excluding hydrogens is 307 g/mol. The zero-order valence-electron chi connectivity index (χ0n) is 10.7. The summed E-state index contributed by atoms with van der Waals surface area (Å²) in [6.07, 6.45) is 0. The second-order valence-corrected chi connectivity index (χ2v) is 4.66. The summed E-state index contributed by atoms with van der Waals surface area (Å²) in [5.74, 6) is -0.0331. The van der Waals surface area contributed by atoms with Gasteiger partial charge in [-0.3, -0.25) is 10.1 Å².